The lowest BCUT2D eigenvalue weighted by atomic mass is 10.00. The van der Waals surface area contributed by atoms with Gasteiger partial charge in [-0.3, -0.25) is 10.1 Å². The molecule has 1 aromatic rings. The number of hydrogen-bond acceptors (Lipinski definition) is 4. The smallest absolute Gasteiger partial charge is 0.410 e. The third kappa shape index (κ3) is 3.46. The van der Waals surface area contributed by atoms with Crippen molar-refractivity contribution >= 4 is 11.8 Å². The Kier molecular flexibility index (Phi) is 4.55. The number of likely N-dealkylation sites (tertiary alicyclic amines) is 1. The van der Waals surface area contributed by atoms with E-state index in [-0.39, 0.29) is 12.3 Å². The van der Waals surface area contributed by atoms with Gasteiger partial charge >= 0.3 is 6.09 Å². The molecule has 1 aliphatic rings. The fraction of sp³-hybridized carbons (Fsp3) is 0.500. The van der Waals surface area contributed by atoms with Gasteiger partial charge in [-0.05, 0) is 24.8 Å². The summed E-state index contributed by atoms with van der Waals surface area (Å²) in [6, 6.07) is 6.30. The lowest BCUT2D eigenvalue weighted by Gasteiger charge is -2.29. The zero-order valence-electron chi connectivity index (χ0n) is 11.4. The normalized spacial score (nSPS) is 15.9. The van der Waals surface area contributed by atoms with E-state index in [1.807, 2.05) is 0 Å². The molecule has 0 atom stereocenters. The summed E-state index contributed by atoms with van der Waals surface area (Å²) in [4.78, 5) is 23.9. The second kappa shape index (κ2) is 6.36. The molecule has 1 saturated heterocycles. The van der Waals surface area contributed by atoms with Crippen LogP contribution in [0.2, 0.25) is 0 Å². The number of piperidine rings is 1. The van der Waals surface area contributed by atoms with E-state index < -0.39 is 11.0 Å². The molecule has 0 aliphatic carbocycles. The third-order valence-electron chi connectivity index (χ3n) is 3.58. The summed E-state index contributed by atoms with van der Waals surface area (Å²) < 4.78 is 5.18. The van der Waals surface area contributed by atoms with E-state index in [0.717, 1.165) is 12.8 Å². The van der Waals surface area contributed by atoms with Crippen LogP contribution in [0.4, 0.5) is 10.5 Å². The first-order valence-electron chi connectivity index (χ1n) is 6.72. The number of benzene rings is 1. The molecule has 0 unspecified atom stereocenters. The van der Waals surface area contributed by atoms with Gasteiger partial charge in [-0.2, -0.15) is 0 Å². The summed E-state index contributed by atoms with van der Waals surface area (Å²) in [5.41, 5.74) is 0.392. The highest BCUT2D eigenvalue weighted by atomic mass is 16.6. The molecule has 1 amide bonds. The first-order valence-corrected chi connectivity index (χ1v) is 6.72. The summed E-state index contributed by atoms with van der Waals surface area (Å²) in [6.45, 7) is 3.48. The zero-order valence-corrected chi connectivity index (χ0v) is 11.4. The van der Waals surface area contributed by atoms with Crippen LogP contribution >= 0.6 is 0 Å². The molecule has 0 radical (unpaired) electrons. The third-order valence-corrected chi connectivity index (χ3v) is 3.58. The maximum Gasteiger partial charge on any atom is 0.410 e. The second-order valence-corrected chi connectivity index (χ2v) is 5.11. The van der Waals surface area contributed by atoms with Gasteiger partial charge in [0.2, 0.25) is 0 Å². The van der Waals surface area contributed by atoms with Gasteiger partial charge in [0.25, 0.3) is 5.69 Å². The Hall–Kier alpha value is -2.11. The van der Waals surface area contributed by atoms with Gasteiger partial charge in [0.1, 0.15) is 6.61 Å². The number of nitrogens with zero attached hydrogens (tertiary/aromatic N) is 2. The molecule has 1 heterocycles. The lowest BCUT2D eigenvalue weighted by molar-refractivity contribution is -0.385. The molecule has 6 nitrogen and oxygen atoms in total. The number of ether oxygens (including phenoxy) is 1. The van der Waals surface area contributed by atoms with E-state index in [2.05, 4.69) is 6.92 Å². The van der Waals surface area contributed by atoms with Crippen LogP contribution in [0.3, 0.4) is 0 Å². The maximum absolute atomic E-state index is 11.9. The van der Waals surface area contributed by atoms with Crippen molar-refractivity contribution in [3.05, 3.63) is 39.9 Å². The standard InChI is InChI=1S/C14H18N2O4/c1-11-6-8-15(9-7-11)14(17)20-10-12-4-2-3-5-13(12)16(18)19/h2-5,11H,6-10H2,1H3. The molecule has 2 rings (SSSR count). The minimum Gasteiger partial charge on any atom is -0.444 e. The number of hydrogen-bond donors (Lipinski definition) is 0. The van der Waals surface area contributed by atoms with Gasteiger partial charge in [-0.15, -0.1) is 0 Å². The van der Waals surface area contributed by atoms with Crippen LogP contribution in [0.25, 0.3) is 0 Å². The van der Waals surface area contributed by atoms with E-state index in [1.165, 1.54) is 6.07 Å². The minimum atomic E-state index is -0.467. The van der Waals surface area contributed by atoms with E-state index in [9.17, 15) is 14.9 Å². The first-order chi connectivity index (χ1) is 9.58. The van der Waals surface area contributed by atoms with Crippen molar-refractivity contribution in [3.8, 4) is 0 Å². The largest absolute Gasteiger partial charge is 0.444 e. The Bertz CT molecular complexity index is 496. The van der Waals surface area contributed by atoms with Gasteiger partial charge < -0.3 is 9.64 Å². The van der Waals surface area contributed by atoms with Crippen molar-refractivity contribution in [2.75, 3.05) is 13.1 Å². The van der Waals surface area contributed by atoms with Crippen molar-refractivity contribution in [3.63, 3.8) is 0 Å². The number of amides is 1. The Morgan fingerprint density at radius 1 is 1.40 bits per heavy atom. The molecular weight excluding hydrogens is 260 g/mol. The Labute approximate surface area is 117 Å². The molecule has 108 valence electrons. The summed E-state index contributed by atoms with van der Waals surface area (Å²) in [6.07, 6.45) is 1.55. The van der Waals surface area contributed by atoms with Crippen molar-refractivity contribution in [2.24, 2.45) is 5.92 Å². The van der Waals surface area contributed by atoms with Gasteiger partial charge in [0.15, 0.2) is 0 Å². The number of nitro benzene ring substituents is 1. The molecular formula is C14H18N2O4. The van der Waals surface area contributed by atoms with Crippen LogP contribution in [0.15, 0.2) is 24.3 Å². The number of carbonyl (C=O) groups excluding carboxylic acids is 1. The van der Waals surface area contributed by atoms with Gasteiger partial charge in [0.05, 0.1) is 10.5 Å². The lowest BCUT2D eigenvalue weighted by Crippen LogP contribution is -2.38. The minimum absolute atomic E-state index is 0.0208. The first kappa shape index (κ1) is 14.3. The van der Waals surface area contributed by atoms with Gasteiger partial charge in [0, 0.05) is 19.2 Å². The second-order valence-electron chi connectivity index (χ2n) is 5.11. The van der Waals surface area contributed by atoms with Gasteiger partial charge in [-0.25, -0.2) is 4.79 Å². The zero-order chi connectivity index (χ0) is 14.5. The topological polar surface area (TPSA) is 72.7 Å². The number of carbonyl (C=O) groups is 1. The van der Waals surface area contributed by atoms with E-state index in [4.69, 9.17) is 4.74 Å². The highest BCUT2D eigenvalue weighted by Crippen LogP contribution is 2.20. The molecule has 1 fully saturated rings. The molecule has 1 aliphatic heterocycles. The predicted octanol–water partition coefficient (Wildman–Crippen LogP) is 2.96. The molecule has 6 heteroatoms. The SMILES string of the molecule is CC1CCN(C(=O)OCc2ccccc2[N+](=O)[O-])CC1. The van der Waals surface area contributed by atoms with Crippen LogP contribution in [-0.2, 0) is 11.3 Å². The van der Waals surface area contributed by atoms with Crippen LogP contribution in [-0.4, -0.2) is 29.0 Å². The number of nitro groups is 1. The molecule has 20 heavy (non-hydrogen) atoms. The van der Waals surface area contributed by atoms with Crippen LogP contribution < -0.4 is 0 Å². The average Bonchev–Trinajstić information content (AvgIpc) is 2.45. The van der Waals surface area contributed by atoms with Crippen molar-refractivity contribution in [1.29, 1.82) is 0 Å². The number of para-hydroxylation sites is 1. The fourth-order valence-electron chi connectivity index (χ4n) is 2.23. The highest BCUT2D eigenvalue weighted by Gasteiger charge is 2.22. The van der Waals surface area contributed by atoms with Crippen molar-refractivity contribution in [1.82, 2.24) is 4.90 Å². The summed E-state index contributed by atoms with van der Waals surface area (Å²) >= 11 is 0. The Morgan fingerprint density at radius 3 is 2.70 bits per heavy atom. The van der Waals surface area contributed by atoms with Crippen LogP contribution in [0.5, 0.6) is 0 Å². The molecule has 0 bridgehead atoms. The van der Waals surface area contributed by atoms with Crippen LogP contribution in [0.1, 0.15) is 25.3 Å². The van der Waals surface area contributed by atoms with Crippen molar-refractivity contribution in [2.45, 2.75) is 26.4 Å². The summed E-state index contributed by atoms with van der Waals surface area (Å²) in [5.74, 6) is 0.634. The van der Waals surface area contributed by atoms with E-state index >= 15 is 0 Å². The Balaban J connectivity index is 1.92. The fourth-order valence-corrected chi connectivity index (χ4v) is 2.23. The molecule has 0 saturated carbocycles. The van der Waals surface area contributed by atoms with E-state index in [0.29, 0.717) is 24.6 Å². The molecule has 1 aromatic carbocycles. The van der Waals surface area contributed by atoms with Crippen LogP contribution in [0, 0.1) is 16.0 Å². The summed E-state index contributed by atoms with van der Waals surface area (Å²) in [5, 5.41) is 10.9. The molecule has 0 spiro atoms. The average molecular weight is 278 g/mol. The van der Waals surface area contributed by atoms with Crippen molar-refractivity contribution < 1.29 is 14.5 Å². The quantitative estimate of drug-likeness (QED) is 0.629. The van der Waals surface area contributed by atoms with E-state index in [1.54, 1.807) is 23.1 Å². The Morgan fingerprint density at radius 2 is 2.05 bits per heavy atom. The predicted molar refractivity (Wildman–Crippen MR) is 73.3 cm³/mol. The van der Waals surface area contributed by atoms with Gasteiger partial charge in [-0.1, -0.05) is 19.1 Å². The number of rotatable bonds is 3. The maximum atomic E-state index is 11.9. The monoisotopic (exact) mass is 278 g/mol. The molecule has 0 N–H and O–H groups in total. The summed E-state index contributed by atoms with van der Waals surface area (Å²) in [7, 11) is 0. The molecule has 0 aromatic heterocycles. The highest BCUT2D eigenvalue weighted by molar-refractivity contribution is 5.67.